The molecule has 2 aromatic carbocycles. The third-order valence-electron chi connectivity index (χ3n) is 2.75. The third-order valence-corrected chi connectivity index (χ3v) is 2.75. The zero-order chi connectivity index (χ0) is 12.5. The molecule has 0 atom stereocenters. The average molecular weight is 275 g/mol. The van der Waals surface area contributed by atoms with Crippen LogP contribution in [0.2, 0.25) is 0 Å². The van der Waals surface area contributed by atoms with Crippen LogP contribution >= 0.6 is 12.4 Å². The van der Waals surface area contributed by atoms with E-state index < -0.39 is 5.91 Å². The number of nitrogens with two attached hydrogens (primary N) is 1. The second kappa shape index (κ2) is 5.12. The number of primary amides is 1. The van der Waals surface area contributed by atoms with Gasteiger partial charge in [-0.05, 0) is 24.3 Å². The van der Waals surface area contributed by atoms with Crippen LogP contribution in [0.5, 0.6) is 11.5 Å². The van der Waals surface area contributed by atoms with Gasteiger partial charge in [-0.25, -0.2) is 0 Å². The van der Waals surface area contributed by atoms with Crippen LogP contribution in [0.25, 0.3) is 0 Å². The minimum atomic E-state index is -0.493. The standard InChI is InChI=1S/C14H10N2O2.ClH/c15-14(17)9-4-3-7-12-10(9)8-16-11-5-1-2-6-13(11)18-12;/h1-8H,(H2,15,17);1H. The summed E-state index contributed by atoms with van der Waals surface area (Å²) in [5, 5.41) is 0. The van der Waals surface area contributed by atoms with E-state index in [4.69, 9.17) is 10.5 Å². The molecule has 5 heteroatoms. The number of carbonyl (C=O) groups is 1. The molecular formula is C14H11ClN2O2. The Labute approximate surface area is 116 Å². The molecule has 0 aliphatic carbocycles. The molecule has 0 saturated carbocycles. The Hall–Kier alpha value is -2.33. The van der Waals surface area contributed by atoms with Crippen molar-refractivity contribution in [3.8, 4) is 11.5 Å². The maximum absolute atomic E-state index is 11.4. The molecule has 1 amide bonds. The van der Waals surface area contributed by atoms with Gasteiger partial charge in [0.05, 0.1) is 5.56 Å². The summed E-state index contributed by atoms with van der Waals surface area (Å²) >= 11 is 0. The number of ether oxygens (including phenoxy) is 1. The van der Waals surface area contributed by atoms with Gasteiger partial charge in [0, 0.05) is 11.8 Å². The highest BCUT2D eigenvalue weighted by Gasteiger charge is 2.16. The topological polar surface area (TPSA) is 64.7 Å². The monoisotopic (exact) mass is 274 g/mol. The quantitative estimate of drug-likeness (QED) is 0.741. The number of rotatable bonds is 1. The van der Waals surface area contributed by atoms with Crippen LogP contribution in [0.4, 0.5) is 5.69 Å². The largest absolute Gasteiger partial charge is 0.454 e. The first-order chi connectivity index (χ1) is 8.75. The Balaban J connectivity index is 0.00000133. The summed E-state index contributed by atoms with van der Waals surface area (Å²) in [6.45, 7) is 0. The Morgan fingerprint density at radius 3 is 2.58 bits per heavy atom. The SMILES string of the molecule is Cl.NC(=O)c1cccc2c1C=Nc1ccccc1O2. The summed E-state index contributed by atoms with van der Waals surface area (Å²) < 4.78 is 5.76. The number of aliphatic imine (C=N–C) groups is 1. The molecule has 1 aliphatic rings. The minimum absolute atomic E-state index is 0. The van der Waals surface area contributed by atoms with Crippen molar-refractivity contribution in [2.45, 2.75) is 0 Å². The molecule has 1 aliphatic heterocycles. The van der Waals surface area contributed by atoms with E-state index in [0.717, 1.165) is 5.69 Å². The number of fused-ring (bicyclic) bond motifs is 2. The van der Waals surface area contributed by atoms with E-state index in [0.29, 0.717) is 22.6 Å². The number of carbonyl (C=O) groups excluding carboxylic acids is 1. The summed E-state index contributed by atoms with van der Waals surface area (Å²) in [6, 6.07) is 12.6. The van der Waals surface area contributed by atoms with Gasteiger partial charge in [0.2, 0.25) is 5.91 Å². The predicted octanol–water partition coefficient (Wildman–Crippen LogP) is 3.06. The van der Waals surface area contributed by atoms with Gasteiger partial charge >= 0.3 is 0 Å². The molecule has 96 valence electrons. The van der Waals surface area contributed by atoms with Gasteiger partial charge < -0.3 is 10.5 Å². The van der Waals surface area contributed by atoms with E-state index in [2.05, 4.69) is 4.99 Å². The Morgan fingerprint density at radius 2 is 1.79 bits per heavy atom. The second-order valence-electron chi connectivity index (χ2n) is 3.91. The lowest BCUT2D eigenvalue weighted by atomic mass is 10.1. The van der Waals surface area contributed by atoms with Crippen LogP contribution in [0.1, 0.15) is 15.9 Å². The Kier molecular flexibility index (Phi) is 3.53. The van der Waals surface area contributed by atoms with Crippen molar-refractivity contribution in [2.75, 3.05) is 0 Å². The highest BCUT2D eigenvalue weighted by molar-refractivity contribution is 6.04. The first kappa shape index (κ1) is 13.1. The number of halogens is 1. The average Bonchev–Trinajstić information content (AvgIpc) is 2.56. The molecule has 0 spiro atoms. The minimum Gasteiger partial charge on any atom is -0.454 e. The number of para-hydroxylation sites is 2. The molecule has 0 unspecified atom stereocenters. The van der Waals surface area contributed by atoms with Crippen LogP contribution in [-0.4, -0.2) is 12.1 Å². The van der Waals surface area contributed by atoms with Crippen LogP contribution in [0.3, 0.4) is 0 Å². The van der Waals surface area contributed by atoms with Crippen molar-refractivity contribution in [1.82, 2.24) is 0 Å². The molecule has 2 N–H and O–H groups in total. The van der Waals surface area contributed by atoms with Crippen molar-refractivity contribution < 1.29 is 9.53 Å². The maximum atomic E-state index is 11.4. The Bertz CT molecular complexity index is 668. The van der Waals surface area contributed by atoms with E-state index >= 15 is 0 Å². The van der Waals surface area contributed by atoms with E-state index in [1.54, 1.807) is 24.4 Å². The summed E-state index contributed by atoms with van der Waals surface area (Å²) in [5.41, 5.74) is 7.08. The number of amides is 1. The summed E-state index contributed by atoms with van der Waals surface area (Å²) in [5.74, 6) is 0.752. The lowest BCUT2D eigenvalue weighted by molar-refractivity contribution is 0.1000. The van der Waals surface area contributed by atoms with Crippen molar-refractivity contribution in [3.63, 3.8) is 0 Å². The molecule has 4 nitrogen and oxygen atoms in total. The lowest BCUT2D eigenvalue weighted by Gasteiger charge is -2.09. The third kappa shape index (κ3) is 2.30. The summed E-state index contributed by atoms with van der Waals surface area (Å²) in [4.78, 5) is 15.7. The van der Waals surface area contributed by atoms with Crippen molar-refractivity contribution in [3.05, 3.63) is 53.6 Å². The highest BCUT2D eigenvalue weighted by atomic mass is 35.5. The van der Waals surface area contributed by atoms with Crippen molar-refractivity contribution in [1.29, 1.82) is 0 Å². The number of benzene rings is 2. The van der Waals surface area contributed by atoms with Crippen LogP contribution in [-0.2, 0) is 0 Å². The zero-order valence-electron chi connectivity index (χ0n) is 9.87. The predicted molar refractivity (Wildman–Crippen MR) is 76.0 cm³/mol. The molecule has 0 fully saturated rings. The Morgan fingerprint density at radius 1 is 1.05 bits per heavy atom. The van der Waals surface area contributed by atoms with Crippen LogP contribution in [0.15, 0.2) is 47.5 Å². The fraction of sp³-hybridized carbons (Fsp3) is 0. The molecule has 0 aromatic heterocycles. The second-order valence-corrected chi connectivity index (χ2v) is 3.91. The van der Waals surface area contributed by atoms with E-state index in [-0.39, 0.29) is 12.4 Å². The molecule has 0 bridgehead atoms. The van der Waals surface area contributed by atoms with E-state index in [1.165, 1.54) is 0 Å². The van der Waals surface area contributed by atoms with Gasteiger partial charge in [0.15, 0.2) is 5.75 Å². The van der Waals surface area contributed by atoms with Gasteiger partial charge in [0.25, 0.3) is 0 Å². The number of hydrogen-bond acceptors (Lipinski definition) is 3. The molecule has 0 radical (unpaired) electrons. The fourth-order valence-corrected chi connectivity index (χ4v) is 1.88. The molecule has 1 heterocycles. The van der Waals surface area contributed by atoms with Crippen LogP contribution in [0, 0.1) is 0 Å². The smallest absolute Gasteiger partial charge is 0.249 e. The van der Waals surface area contributed by atoms with Crippen molar-refractivity contribution in [2.24, 2.45) is 10.7 Å². The summed E-state index contributed by atoms with van der Waals surface area (Å²) in [7, 11) is 0. The molecular weight excluding hydrogens is 264 g/mol. The van der Waals surface area contributed by atoms with Crippen molar-refractivity contribution >= 4 is 30.2 Å². The van der Waals surface area contributed by atoms with E-state index in [9.17, 15) is 4.79 Å². The van der Waals surface area contributed by atoms with Gasteiger partial charge in [-0.3, -0.25) is 9.79 Å². The molecule has 3 rings (SSSR count). The van der Waals surface area contributed by atoms with Gasteiger partial charge in [0.1, 0.15) is 11.4 Å². The normalized spacial score (nSPS) is 11.4. The first-order valence-electron chi connectivity index (χ1n) is 5.49. The van der Waals surface area contributed by atoms with E-state index in [1.807, 2.05) is 24.3 Å². The van der Waals surface area contributed by atoms with Gasteiger partial charge in [-0.15, -0.1) is 12.4 Å². The fourth-order valence-electron chi connectivity index (χ4n) is 1.88. The number of hydrogen-bond donors (Lipinski definition) is 1. The zero-order valence-corrected chi connectivity index (χ0v) is 10.7. The lowest BCUT2D eigenvalue weighted by Crippen LogP contribution is -2.13. The highest BCUT2D eigenvalue weighted by Crippen LogP contribution is 2.36. The number of nitrogens with zero attached hydrogens (tertiary/aromatic N) is 1. The van der Waals surface area contributed by atoms with Gasteiger partial charge in [-0.2, -0.15) is 0 Å². The maximum Gasteiger partial charge on any atom is 0.249 e. The first-order valence-corrected chi connectivity index (χ1v) is 5.49. The molecule has 0 saturated heterocycles. The summed E-state index contributed by atoms with van der Waals surface area (Å²) in [6.07, 6.45) is 1.61. The van der Waals surface area contributed by atoms with Gasteiger partial charge in [-0.1, -0.05) is 18.2 Å². The molecule has 2 aromatic rings. The van der Waals surface area contributed by atoms with Crippen LogP contribution < -0.4 is 10.5 Å². The molecule has 19 heavy (non-hydrogen) atoms.